The molecule has 0 saturated carbocycles. The third-order valence-corrected chi connectivity index (χ3v) is 3.90. The Kier molecular flexibility index (Phi) is 3.82. The van der Waals surface area contributed by atoms with Crippen LogP contribution in [0.15, 0.2) is 18.2 Å². The molecule has 5 heteroatoms. The second-order valence-electron chi connectivity index (χ2n) is 6.33. The van der Waals surface area contributed by atoms with Crippen LogP contribution in [0.1, 0.15) is 32.3 Å². The first-order valence-electron chi connectivity index (χ1n) is 6.62. The first-order valence-corrected chi connectivity index (χ1v) is 6.62. The van der Waals surface area contributed by atoms with Gasteiger partial charge >= 0.3 is 5.97 Å². The fourth-order valence-electron chi connectivity index (χ4n) is 2.73. The lowest BCUT2D eigenvalue weighted by atomic mass is 9.89. The molecule has 0 radical (unpaired) electrons. The minimum absolute atomic E-state index is 0.172. The molecule has 0 bridgehead atoms. The number of rotatable bonds is 2. The minimum Gasteiger partial charge on any atom is -0.481 e. The molecular formula is C15H19F2NO2. The SMILES string of the molecule is CC(C)(C)N1C[C@@H](C(=O)O)[C@H](c2cc(F)cc(F)c2)C1. The number of hydrogen-bond acceptors (Lipinski definition) is 2. The van der Waals surface area contributed by atoms with Gasteiger partial charge in [0.2, 0.25) is 0 Å². The Morgan fingerprint density at radius 2 is 1.75 bits per heavy atom. The molecule has 0 spiro atoms. The van der Waals surface area contributed by atoms with Crippen molar-refractivity contribution in [1.82, 2.24) is 4.90 Å². The second kappa shape index (κ2) is 5.13. The van der Waals surface area contributed by atoms with Crippen LogP contribution in [0.4, 0.5) is 8.78 Å². The summed E-state index contributed by atoms with van der Waals surface area (Å²) in [5.74, 6) is -3.30. The summed E-state index contributed by atoms with van der Waals surface area (Å²) < 4.78 is 26.7. The van der Waals surface area contributed by atoms with Gasteiger partial charge in [-0.1, -0.05) is 0 Å². The van der Waals surface area contributed by atoms with Crippen molar-refractivity contribution < 1.29 is 18.7 Å². The standard InChI is InChI=1S/C15H19F2NO2/c1-15(2,3)18-7-12(13(8-18)14(19)20)9-4-10(16)6-11(17)5-9/h4-6,12-13H,7-8H2,1-3H3,(H,19,20)/t12-,13+/m0/s1. The highest BCUT2D eigenvalue weighted by Gasteiger charge is 2.42. The second-order valence-corrected chi connectivity index (χ2v) is 6.33. The van der Waals surface area contributed by atoms with Crippen LogP contribution < -0.4 is 0 Å². The topological polar surface area (TPSA) is 40.5 Å². The van der Waals surface area contributed by atoms with Crippen LogP contribution in [0.5, 0.6) is 0 Å². The normalized spacial score (nSPS) is 24.1. The Morgan fingerprint density at radius 3 is 2.20 bits per heavy atom. The fourth-order valence-corrected chi connectivity index (χ4v) is 2.73. The number of nitrogens with zero attached hydrogens (tertiary/aromatic N) is 1. The molecule has 1 saturated heterocycles. The third kappa shape index (κ3) is 2.98. The average molecular weight is 283 g/mol. The van der Waals surface area contributed by atoms with Crippen molar-refractivity contribution in [3.8, 4) is 0 Å². The number of aliphatic carboxylic acids is 1. The van der Waals surface area contributed by atoms with E-state index in [2.05, 4.69) is 0 Å². The lowest BCUT2D eigenvalue weighted by molar-refractivity contribution is -0.141. The summed E-state index contributed by atoms with van der Waals surface area (Å²) in [5, 5.41) is 9.35. The van der Waals surface area contributed by atoms with Gasteiger partial charge in [0.1, 0.15) is 11.6 Å². The van der Waals surface area contributed by atoms with Crippen molar-refractivity contribution in [2.24, 2.45) is 5.92 Å². The van der Waals surface area contributed by atoms with Crippen LogP contribution in [0, 0.1) is 17.6 Å². The number of benzene rings is 1. The molecular weight excluding hydrogens is 264 g/mol. The van der Waals surface area contributed by atoms with Crippen LogP contribution in [0.2, 0.25) is 0 Å². The van der Waals surface area contributed by atoms with E-state index in [9.17, 15) is 18.7 Å². The molecule has 0 unspecified atom stereocenters. The van der Waals surface area contributed by atoms with Crippen molar-refractivity contribution in [1.29, 1.82) is 0 Å². The Labute approximate surface area is 117 Å². The zero-order valence-corrected chi connectivity index (χ0v) is 11.9. The van der Waals surface area contributed by atoms with Gasteiger partial charge in [-0.3, -0.25) is 9.69 Å². The van der Waals surface area contributed by atoms with Gasteiger partial charge in [-0.25, -0.2) is 8.78 Å². The van der Waals surface area contributed by atoms with E-state index in [-0.39, 0.29) is 5.54 Å². The maximum Gasteiger partial charge on any atom is 0.308 e. The first-order chi connectivity index (χ1) is 9.18. The molecule has 0 aromatic heterocycles. The van der Waals surface area contributed by atoms with Gasteiger partial charge in [0, 0.05) is 30.6 Å². The zero-order valence-electron chi connectivity index (χ0n) is 11.9. The molecule has 1 aromatic carbocycles. The highest BCUT2D eigenvalue weighted by atomic mass is 19.1. The number of carboxylic acids is 1. The molecule has 1 N–H and O–H groups in total. The smallest absolute Gasteiger partial charge is 0.308 e. The van der Waals surface area contributed by atoms with Crippen molar-refractivity contribution in [3.05, 3.63) is 35.4 Å². The van der Waals surface area contributed by atoms with Gasteiger partial charge in [-0.15, -0.1) is 0 Å². The van der Waals surface area contributed by atoms with Crippen molar-refractivity contribution >= 4 is 5.97 Å². The summed E-state index contributed by atoms with van der Waals surface area (Å²) in [4.78, 5) is 13.5. The molecule has 1 heterocycles. The van der Waals surface area contributed by atoms with Crippen LogP contribution >= 0.6 is 0 Å². The van der Waals surface area contributed by atoms with Gasteiger partial charge in [0.25, 0.3) is 0 Å². The summed E-state index contributed by atoms with van der Waals surface area (Å²) in [6, 6.07) is 3.27. The van der Waals surface area contributed by atoms with Gasteiger partial charge in [0.15, 0.2) is 0 Å². The van der Waals surface area contributed by atoms with E-state index in [0.29, 0.717) is 18.7 Å². The molecule has 110 valence electrons. The van der Waals surface area contributed by atoms with E-state index < -0.39 is 29.4 Å². The molecule has 2 atom stereocenters. The number of hydrogen-bond donors (Lipinski definition) is 1. The van der Waals surface area contributed by atoms with Gasteiger partial charge in [-0.05, 0) is 38.5 Å². The van der Waals surface area contributed by atoms with Crippen LogP contribution in [-0.4, -0.2) is 34.6 Å². The molecule has 0 aliphatic carbocycles. The Hall–Kier alpha value is -1.49. The Morgan fingerprint density at radius 1 is 1.20 bits per heavy atom. The largest absolute Gasteiger partial charge is 0.481 e. The van der Waals surface area contributed by atoms with Crippen molar-refractivity contribution in [2.75, 3.05) is 13.1 Å². The summed E-state index contributed by atoms with van der Waals surface area (Å²) in [5.41, 5.74) is 0.246. The van der Waals surface area contributed by atoms with Crippen molar-refractivity contribution in [2.45, 2.75) is 32.2 Å². The monoisotopic (exact) mass is 283 g/mol. The molecule has 2 rings (SSSR count). The van der Waals surface area contributed by atoms with Crippen molar-refractivity contribution in [3.63, 3.8) is 0 Å². The maximum atomic E-state index is 13.3. The number of carboxylic acid groups (broad SMARTS) is 1. The Balaban J connectivity index is 2.35. The molecule has 20 heavy (non-hydrogen) atoms. The first kappa shape index (κ1) is 14.9. The molecule has 1 aromatic rings. The van der Waals surface area contributed by atoms with Crippen LogP contribution in [0.25, 0.3) is 0 Å². The predicted octanol–water partition coefficient (Wildman–Crippen LogP) is 2.86. The molecule has 1 aliphatic heterocycles. The molecule has 1 aliphatic rings. The molecule has 1 fully saturated rings. The lowest BCUT2D eigenvalue weighted by Gasteiger charge is -2.31. The molecule has 0 amide bonds. The van der Waals surface area contributed by atoms with E-state index in [1.807, 2.05) is 25.7 Å². The zero-order chi connectivity index (χ0) is 15.1. The van der Waals surface area contributed by atoms with Crippen LogP contribution in [-0.2, 0) is 4.79 Å². The summed E-state index contributed by atoms with van der Waals surface area (Å²) in [6.45, 7) is 6.88. The van der Waals surface area contributed by atoms with Crippen LogP contribution in [0.3, 0.4) is 0 Å². The summed E-state index contributed by atoms with van der Waals surface area (Å²) in [6.07, 6.45) is 0. The highest BCUT2D eigenvalue weighted by Crippen LogP contribution is 2.36. The highest BCUT2D eigenvalue weighted by molar-refractivity contribution is 5.72. The Bertz CT molecular complexity index is 505. The quantitative estimate of drug-likeness (QED) is 0.907. The lowest BCUT2D eigenvalue weighted by Crippen LogP contribution is -2.40. The average Bonchev–Trinajstić information content (AvgIpc) is 2.71. The number of likely N-dealkylation sites (tertiary alicyclic amines) is 1. The van der Waals surface area contributed by atoms with E-state index in [4.69, 9.17) is 0 Å². The van der Waals surface area contributed by atoms with Gasteiger partial charge in [-0.2, -0.15) is 0 Å². The number of carbonyl (C=O) groups is 1. The molecule has 3 nitrogen and oxygen atoms in total. The minimum atomic E-state index is -0.925. The van der Waals surface area contributed by atoms with E-state index >= 15 is 0 Å². The van der Waals surface area contributed by atoms with E-state index in [1.165, 1.54) is 12.1 Å². The maximum absolute atomic E-state index is 13.3. The number of halogens is 2. The van der Waals surface area contributed by atoms with E-state index in [0.717, 1.165) is 6.07 Å². The fraction of sp³-hybridized carbons (Fsp3) is 0.533. The third-order valence-electron chi connectivity index (χ3n) is 3.90. The van der Waals surface area contributed by atoms with Gasteiger partial charge < -0.3 is 5.11 Å². The summed E-state index contributed by atoms with van der Waals surface area (Å²) >= 11 is 0. The van der Waals surface area contributed by atoms with E-state index in [1.54, 1.807) is 0 Å². The summed E-state index contributed by atoms with van der Waals surface area (Å²) in [7, 11) is 0. The predicted molar refractivity (Wildman–Crippen MR) is 71.6 cm³/mol. The van der Waals surface area contributed by atoms with Gasteiger partial charge in [0.05, 0.1) is 5.92 Å².